The lowest BCUT2D eigenvalue weighted by molar-refractivity contribution is 0.441. The van der Waals surface area contributed by atoms with Crippen molar-refractivity contribution >= 4 is 11.3 Å². The summed E-state index contributed by atoms with van der Waals surface area (Å²) in [6, 6.07) is 9.45. The fourth-order valence-corrected chi connectivity index (χ4v) is 3.10. The van der Waals surface area contributed by atoms with Crippen molar-refractivity contribution in [2.24, 2.45) is 5.92 Å². The molecule has 0 fully saturated rings. The molecule has 0 saturated carbocycles. The Morgan fingerprint density at radius 2 is 1.81 bits per heavy atom. The summed E-state index contributed by atoms with van der Waals surface area (Å²) in [5.41, 5.74) is 3.98. The SMILES string of the molecule is Cc1ccc(CC(CNC(C)C)Cc2csc(C)n2)cc1. The standard InChI is InChI=1S/C18H26N2S/c1-13(2)19-11-17(10-18-12-21-15(4)20-18)9-16-7-5-14(3)6-8-16/h5-8,12-13,17,19H,9-11H2,1-4H3. The third-order valence-corrected chi connectivity index (χ3v) is 4.45. The average Bonchev–Trinajstić information content (AvgIpc) is 2.84. The Bertz CT molecular complexity index is 543. The average molecular weight is 302 g/mol. The van der Waals surface area contributed by atoms with Crippen LogP contribution in [-0.4, -0.2) is 17.6 Å². The van der Waals surface area contributed by atoms with Gasteiger partial charge < -0.3 is 5.32 Å². The third kappa shape index (κ3) is 5.60. The van der Waals surface area contributed by atoms with Gasteiger partial charge in [0.15, 0.2) is 0 Å². The highest BCUT2D eigenvalue weighted by molar-refractivity contribution is 7.09. The zero-order valence-electron chi connectivity index (χ0n) is 13.5. The second-order valence-electron chi connectivity index (χ2n) is 6.18. The van der Waals surface area contributed by atoms with Gasteiger partial charge in [0.05, 0.1) is 10.7 Å². The topological polar surface area (TPSA) is 24.9 Å². The quantitative estimate of drug-likeness (QED) is 0.830. The van der Waals surface area contributed by atoms with Crippen LogP contribution in [0.5, 0.6) is 0 Å². The van der Waals surface area contributed by atoms with Crippen LogP contribution in [0.3, 0.4) is 0 Å². The Morgan fingerprint density at radius 1 is 1.10 bits per heavy atom. The van der Waals surface area contributed by atoms with E-state index in [9.17, 15) is 0 Å². The molecule has 1 aromatic heterocycles. The van der Waals surface area contributed by atoms with Crippen molar-refractivity contribution in [3.63, 3.8) is 0 Å². The summed E-state index contributed by atoms with van der Waals surface area (Å²) in [4.78, 5) is 4.62. The molecule has 0 saturated heterocycles. The minimum atomic E-state index is 0.530. The lowest BCUT2D eigenvalue weighted by Gasteiger charge is -2.19. The van der Waals surface area contributed by atoms with Gasteiger partial charge in [0, 0.05) is 11.4 Å². The molecule has 1 heterocycles. The van der Waals surface area contributed by atoms with E-state index in [1.165, 1.54) is 16.8 Å². The van der Waals surface area contributed by atoms with Gasteiger partial charge in [-0.05, 0) is 44.7 Å². The number of hydrogen-bond donors (Lipinski definition) is 1. The maximum absolute atomic E-state index is 4.62. The molecule has 114 valence electrons. The van der Waals surface area contributed by atoms with E-state index >= 15 is 0 Å². The van der Waals surface area contributed by atoms with Crippen molar-refractivity contribution < 1.29 is 0 Å². The van der Waals surface area contributed by atoms with Gasteiger partial charge in [-0.1, -0.05) is 43.7 Å². The Balaban J connectivity index is 2.02. The number of rotatable bonds is 7. The lowest BCUT2D eigenvalue weighted by Crippen LogP contribution is -2.31. The van der Waals surface area contributed by atoms with E-state index in [0.29, 0.717) is 12.0 Å². The Hall–Kier alpha value is -1.19. The van der Waals surface area contributed by atoms with Crippen LogP contribution in [-0.2, 0) is 12.8 Å². The molecule has 3 heteroatoms. The molecular formula is C18H26N2S. The predicted octanol–water partition coefficient (Wildman–Crippen LogP) is 4.16. The van der Waals surface area contributed by atoms with Crippen LogP contribution in [0, 0.1) is 19.8 Å². The zero-order valence-corrected chi connectivity index (χ0v) is 14.3. The summed E-state index contributed by atoms with van der Waals surface area (Å²) in [6.45, 7) is 9.67. The van der Waals surface area contributed by atoms with E-state index in [4.69, 9.17) is 0 Å². The maximum atomic E-state index is 4.62. The fourth-order valence-electron chi connectivity index (χ4n) is 2.47. The third-order valence-electron chi connectivity index (χ3n) is 3.62. The van der Waals surface area contributed by atoms with Crippen LogP contribution in [0.1, 0.15) is 35.7 Å². The van der Waals surface area contributed by atoms with Crippen LogP contribution < -0.4 is 5.32 Å². The Labute approximate surface area is 132 Å². The molecule has 1 atom stereocenters. The number of aryl methyl sites for hydroxylation is 2. The number of benzene rings is 1. The van der Waals surface area contributed by atoms with Crippen LogP contribution >= 0.6 is 11.3 Å². The highest BCUT2D eigenvalue weighted by Crippen LogP contribution is 2.17. The zero-order chi connectivity index (χ0) is 15.2. The van der Waals surface area contributed by atoms with Gasteiger partial charge in [-0.25, -0.2) is 4.98 Å². The molecule has 0 radical (unpaired) electrons. The molecule has 21 heavy (non-hydrogen) atoms. The van der Waals surface area contributed by atoms with Crippen molar-refractivity contribution in [3.05, 3.63) is 51.5 Å². The second kappa shape index (κ2) is 7.71. The lowest BCUT2D eigenvalue weighted by atomic mass is 9.94. The van der Waals surface area contributed by atoms with Crippen molar-refractivity contribution in [1.29, 1.82) is 0 Å². The Morgan fingerprint density at radius 3 is 2.38 bits per heavy atom. The van der Waals surface area contributed by atoms with Gasteiger partial charge in [0.25, 0.3) is 0 Å². The van der Waals surface area contributed by atoms with Crippen molar-refractivity contribution in [1.82, 2.24) is 10.3 Å². The first kappa shape index (κ1) is 16.2. The summed E-state index contributed by atoms with van der Waals surface area (Å²) in [5.74, 6) is 0.594. The van der Waals surface area contributed by atoms with Gasteiger partial charge in [-0.2, -0.15) is 0 Å². The molecule has 2 aromatic rings. The van der Waals surface area contributed by atoms with Crippen molar-refractivity contribution in [2.75, 3.05) is 6.54 Å². The van der Waals surface area contributed by atoms with Gasteiger partial charge in [-0.3, -0.25) is 0 Å². The molecule has 1 aromatic carbocycles. The highest BCUT2D eigenvalue weighted by Gasteiger charge is 2.13. The molecule has 2 rings (SSSR count). The second-order valence-corrected chi connectivity index (χ2v) is 7.24. The molecular weight excluding hydrogens is 276 g/mol. The van der Waals surface area contributed by atoms with E-state index in [-0.39, 0.29) is 0 Å². The molecule has 1 unspecified atom stereocenters. The smallest absolute Gasteiger partial charge is 0.0897 e. The van der Waals surface area contributed by atoms with Gasteiger partial charge in [0.2, 0.25) is 0 Å². The fraction of sp³-hybridized carbons (Fsp3) is 0.500. The summed E-state index contributed by atoms with van der Waals surface area (Å²) >= 11 is 1.75. The first-order chi connectivity index (χ1) is 10.0. The maximum Gasteiger partial charge on any atom is 0.0897 e. The normalized spacial score (nSPS) is 12.8. The number of nitrogens with one attached hydrogen (secondary N) is 1. The predicted molar refractivity (Wildman–Crippen MR) is 92.1 cm³/mol. The first-order valence-corrected chi connectivity index (χ1v) is 8.61. The number of nitrogens with zero attached hydrogens (tertiary/aromatic N) is 1. The summed E-state index contributed by atoms with van der Waals surface area (Å²) in [6.07, 6.45) is 2.16. The summed E-state index contributed by atoms with van der Waals surface area (Å²) < 4.78 is 0. The first-order valence-electron chi connectivity index (χ1n) is 7.73. The molecule has 0 spiro atoms. The van der Waals surface area contributed by atoms with Gasteiger partial charge in [0.1, 0.15) is 0 Å². The molecule has 0 aliphatic rings. The monoisotopic (exact) mass is 302 g/mol. The number of hydrogen-bond acceptors (Lipinski definition) is 3. The number of aromatic nitrogens is 1. The number of thiazole rings is 1. The van der Waals surface area contributed by atoms with Crippen LogP contribution in [0.4, 0.5) is 0 Å². The molecule has 0 aliphatic carbocycles. The van der Waals surface area contributed by atoms with Crippen molar-refractivity contribution in [2.45, 2.75) is 46.6 Å². The molecule has 2 nitrogen and oxygen atoms in total. The van der Waals surface area contributed by atoms with Gasteiger partial charge >= 0.3 is 0 Å². The van der Waals surface area contributed by atoms with Crippen LogP contribution in [0.2, 0.25) is 0 Å². The largest absolute Gasteiger partial charge is 0.314 e. The molecule has 0 bridgehead atoms. The molecule has 1 N–H and O–H groups in total. The van der Waals surface area contributed by atoms with Gasteiger partial charge in [-0.15, -0.1) is 11.3 Å². The summed E-state index contributed by atoms with van der Waals surface area (Å²) in [7, 11) is 0. The molecule has 0 aliphatic heterocycles. The van der Waals surface area contributed by atoms with E-state index in [1.807, 2.05) is 0 Å². The van der Waals surface area contributed by atoms with E-state index in [0.717, 1.165) is 24.4 Å². The summed E-state index contributed by atoms with van der Waals surface area (Å²) in [5, 5.41) is 6.94. The minimum Gasteiger partial charge on any atom is -0.314 e. The van der Waals surface area contributed by atoms with Crippen LogP contribution in [0.15, 0.2) is 29.6 Å². The van der Waals surface area contributed by atoms with Crippen LogP contribution in [0.25, 0.3) is 0 Å². The molecule has 0 amide bonds. The van der Waals surface area contributed by atoms with E-state index in [2.05, 4.69) is 67.6 Å². The van der Waals surface area contributed by atoms with E-state index in [1.54, 1.807) is 11.3 Å². The minimum absolute atomic E-state index is 0.530. The highest BCUT2D eigenvalue weighted by atomic mass is 32.1. The Kier molecular flexibility index (Phi) is 5.95. The van der Waals surface area contributed by atoms with E-state index < -0.39 is 0 Å². The van der Waals surface area contributed by atoms with Crippen molar-refractivity contribution in [3.8, 4) is 0 Å².